The van der Waals surface area contributed by atoms with Crippen molar-refractivity contribution in [2.24, 2.45) is 0 Å². The van der Waals surface area contributed by atoms with Crippen LogP contribution in [-0.4, -0.2) is 45.7 Å². The number of benzene rings is 2. The van der Waals surface area contributed by atoms with Crippen molar-refractivity contribution < 1.29 is 14.3 Å². The lowest BCUT2D eigenvalue weighted by Gasteiger charge is -2.25. The number of ether oxygens (including phenoxy) is 2. The Balaban J connectivity index is 2.15. The third kappa shape index (κ3) is 4.06. The van der Waals surface area contributed by atoms with Crippen LogP contribution in [0.5, 0.6) is 11.5 Å². The summed E-state index contributed by atoms with van der Waals surface area (Å²) in [4.78, 5) is 14.7. The summed E-state index contributed by atoms with van der Waals surface area (Å²) in [5, 5.41) is 2.99. The zero-order chi connectivity index (χ0) is 17.5. The summed E-state index contributed by atoms with van der Waals surface area (Å²) in [7, 11) is 7.07. The summed E-state index contributed by atoms with van der Waals surface area (Å²) in [6.07, 6.45) is 0. The summed E-state index contributed by atoms with van der Waals surface area (Å²) in [6.45, 7) is 0.496. The fourth-order valence-corrected chi connectivity index (χ4v) is 2.62. The monoisotopic (exact) mass is 328 g/mol. The third-order valence-electron chi connectivity index (χ3n) is 3.91. The van der Waals surface area contributed by atoms with Crippen molar-refractivity contribution in [2.75, 3.05) is 34.9 Å². The van der Waals surface area contributed by atoms with Crippen LogP contribution < -0.4 is 14.8 Å². The predicted octanol–water partition coefficient (Wildman–Crippen LogP) is 2.74. The average Bonchev–Trinajstić information content (AvgIpc) is 2.61. The predicted molar refractivity (Wildman–Crippen MR) is 94.7 cm³/mol. The lowest BCUT2D eigenvalue weighted by atomic mass is 10.1. The molecular weight excluding hydrogens is 304 g/mol. The number of likely N-dealkylation sites (N-methyl/N-ethyl adjacent to an activating group) is 1. The van der Waals surface area contributed by atoms with Crippen LogP contribution in [0.25, 0.3) is 0 Å². The molecule has 24 heavy (non-hydrogen) atoms. The van der Waals surface area contributed by atoms with Crippen LogP contribution in [0, 0.1) is 0 Å². The van der Waals surface area contributed by atoms with Crippen molar-refractivity contribution in [3.63, 3.8) is 0 Å². The van der Waals surface area contributed by atoms with E-state index in [4.69, 9.17) is 9.47 Å². The molecule has 0 aliphatic carbocycles. The van der Waals surface area contributed by atoms with Gasteiger partial charge in [0.05, 0.1) is 25.8 Å². The van der Waals surface area contributed by atoms with Crippen LogP contribution in [0.4, 0.5) is 0 Å². The van der Waals surface area contributed by atoms with E-state index in [1.54, 1.807) is 25.3 Å². The van der Waals surface area contributed by atoms with E-state index in [1.807, 2.05) is 32.3 Å². The smallest absolute Gasteiger partial charge is 0.255 e. The molecule has 0 aromatic heterocycles. The maximum Gasteiger partial charge on any atom is 0.255 e. The zero-order valence-electron chi connectivity index (χ0n) is 14.6. The molecule has 1 atom stereocenters. The molecule has 5 heteroatoms. The van der Waals surface area contributed by atoms with Gasteiger partial charge in [-0.15, -0.1) is 0 Å². The Kier molecular flexibility index (Phi) is 6.21. The zero-order valence-corrected chi connectivity index (χ0v) is 14.6. The number of hydrogen-bond donors (Lipinski definition) is 1. The Morgan fingerprint density at radius 1 is 1.04 bits per heavy atom. The quantitative estimate of drug-likeness (QED) is 0.849. The van der Waals surface area contributed by atoms with E-state index in [1.165, 1.54) is 7.11 Å². The van der Waals surface area contributed by atoms with Crippen LogP contribution >= 0.6 is 0 Å². The van der Waals surface area contributed by atoms with Gasteiger partial charge in [0.15, 0.2) is 11.5 Å². The molecule has 2 aromatic rings. The normalized spacial score (nSPS) is 11.9. The number of carbonyl (C=O) groups is 1. The number of amides is 1. The summed E-state index contributed by atoms with van der Waals surface area (Å²) >= 11 is 0. The summed E-state index contributed by atoms with van der Waals surface area (Å²) in [5.74, 6) is 0.796. The van der Waals surface area contributed by atoms with E-state index in [0.29, 0.717) is 23.6 Å². The number of methoxy groups -OCH3 is 2. The molecule has 2 rings (SSSR count). The summed E-state index contributed by atoms with van der Waals surface area (Å²) in [5.41, 5.74) is 1.61. The molecule has 0 saturated heterocycles. The topological polar surface area (TPSA) is 50.8 Å². The summed E-state index contributed by atoms with van der Waals surface area (Å²) < 4.78 is 10.6. The molecule has 0 bridgehead atoms. The molecule has 5 nitrogen and oxygen atoms in total. The number of rotatable bonds is 7. The molecule has 2 aromatic carbocycles. The fourth-order valence-electron chi connectivity index (χ4n) is 2.62. The van der Waals surface area contributed by atoms with Crippen LogP contribution in [-0.2, 0) is 0 Å². The second-order valence-corrected chi connectivity index (χ2v) is 5.64. The van der Waals surface area contributed by atoms with Crippen molar-refractivity contribution in [3.05, 3.63) is 59.7 Å². The average molecular weight is 328 g/mol. The minimum Gasteiger partial charge on any atom is -0.493 e. The van der Waals surface area contributed by atoms with Crippen molar-refractivity contribution in [3.8, 4) is 11.5 Å². The highest BCUT2D eigenvalue weighted by Crippen LogP contribution is 2.30. The Morgan fingerprint density at radius 3 is 2.33 bits per heavy atom. The molecule has 0 spiro atoms. The van der Waals surface area contributed by atoms with E-state index in [2.05, 4.69) is 22.3 Å². The number of nitrogens with zero attached hydrogens (tertiary/aromatic N) is 1. The number of hydrogen-bond acceptors (Lipinski definition) is 4. The maximum atomic E-state index is 12.6. The van der Waals surface area contributed by atoms with Gasteiger partial charge < -0.3 is 19.7 Å². The van der Waals surface area contributed by atoms with E-state index < -0.39 is 0 Å². The lowest BCUT2D eigenvalue weighted by molar-refractivity contribution is 0.0938. The minimum atomic E-state index is -0.187. The van der Waals surface area contributed by atoms with Crippen LogP contribution in [0.1, 0.15) is 22.0 Å². The molecule has 1 N–H and O–H groups in total. The van der Waals surface area contributed by atoms with Gasteiger partial charge >= 0.3 is 0 Å². The van der Waals surface area contributed by atoms with Gasteiger partial charge in [-0.25, -0.2) is 0 Å². The highest BCUT2D eigenvalue weighted by molar-refractivity contribution is 5.97. The van der Waals surface area contributed by atoms with Gasteiger partial charge in [0, 0.05) is 6.54 Å². The molecule has 0 fully saturated rings. The summed E-state index contributed by atoms with van der Waals surface area (Å²) in [6, 6.07) is 15.5. The molecule has 0 aliphatic heterocycles. The van der Waals surface area contributed by atoms with Crippen LogP contribution in [0.2, 0.25) is 0 Å². The lowest BCUT2D eigenvalue weighted by Crippen LogP contribution is -2.34. The van der Waals surface area contributed by atoms with Crippen molar-refractivity contribution in [1.82, 2.24) is 10.2 Å². The first kappa shape index (κ1) is 17.8. The van der Waals surface area contributed by atoms with Gasteiger partial charge in [-0.3, -0.25) is 4.79 Å². The number of carbonyl (C=O) groups excluding carboxylic acids is 1. The Labute approximate surface area is 143 Å². The molecule has 0 unspecified atom stereocenters. The minimum absolute atomic E-state index is 0.0896. The maximum absolute atomic E-state index is 12.6. The number of nitrogens with one attached hydrogen (secondary N) is 1. The van der Waals surface area contributed by atoms with Gasteiger partial charge in [0.2, 0.25) is 0 Å². The van der Waals surface area contributed by atoms with E-state index >= 15 is 0 Å². The first-order chi connectivity index (χ1) is 11.6. The van der Waals surface area contributed by atoms with Crippen LogP contribution in [0.3, 0.4) is 0 Å². The van der Waals surface area contributed by atoms with Gasteiger partial charge in [-0.1, -0.05) is 36.4 Å². The van der Waals surface area contributed by atoms with E-state index in [9.17, 15) is 4.79 Å². The second kappa shape index (κ2) is 8.36. The Morgan fingerprint density at radius 2 is 1.75 bits per heavy atom. The molecule has 0 heterocycles. The highest BCUT2D eigenvalue weighted by Gasteiger charge is 2.19. The van der Waals surface area contributed by atoms with Crippen molar-refractivity contribution in [1.29, 1.82) is 0 Å². The molecule has 0 saturated carbocycles. The van der Waals surface area contributed by atoms with Gasteiger partial charge in [0.25, 0.3) is 5.91 Å². The molecule has 128 valence electrons. The molecule has 0 aliphatic rings. The van der Waals surface area contributed by atoms with Crippen LogP contribution in [0.15, 0.2) is 48.5 Å². The molecule has 0 radical (unpaired) electrons. The largest absolute Gasteiger partial charge is 0.493 e. The van der Waals surface area contributed by atoms with Crippen molar-refractivity contribution in [2.45, 2.75) is 6.04 Å². The van der Waals surface area contributed by atoms with Gasteiger partial charge in [-0.2, -0.15) is 0 Å². The first-order valence-corrected chi connectivity index (χ1v) is 7.79. The van der Waals surface area contributed by atoms with E-state index in [0.717, 1.165) is 5.56 Å². The van der Waals surface area contributed by atoms with Crippen molar-refractivity contribution >= 4 is 5.91 Å². The van der Waals surface area contributed by atoms with E-state index in [-0.39, 0.29) is 11.9 Å². The van der Waals surface area contributed by atoms with Gasteiger partial charge in [-0.05, 0) is 31.8 Å². The third-order valence-corrected chi connectivity index (χ3v) is 3.91. The van der Waals surface area contributed by atoms with Gasteiger partial charge in [0.1, 0.15) is 0 Å². The molecule has 1 amide bonds. The highest BCUT2D eigenvalue weighted by atomic mass is 16.5. The fraction of sp³-hybridized carbons (Fsp3) is 0.316. The number of para-hydroxylation sites is 1. The SMILES string of the molecule is COc1cccc(C(=O)NC[C@@H](c2ccccc2)N(C)C)c1OC. The first-order valence-electron chi connectivity index (χ1n) is 7.79. The molecular formula is C19H24N2O3. The Bertz CT molecular complexity index is 672. The Hall–Kier alpha value is -2.53. The standard InChI is InChI=1S/C19H24N2O3/c1-21(2)16(14-9-6-5-7-10-14)13-20-19(22)15-11-8-12-17(23-3)18(15)24-4/h5-12,16H,13H2,1-4H3,(H,20,22)/t16-/m0/s1. The second-order valence-electron chi connectivity index (χ2n) is 5.64.